The Kier molecular flexibility index (Phi) is 4.07. The summed E-state index contributed by atoms with van der Waals surface area (Å²) in [5.41, 5.74) is 0.625. The summed E-state index contributed by atoms with van der Waals surface area (Å²) >= 11 is 0. The van der Waals surface area contributed by atoms with Crippen molar-refractivity contribution in [2.45, 2.75) is 52.4 Å². The van der Waals surface area contributed by atoms with Crippen LogP contribution in [-0.2, 0) is 0 Å². The molecule has 1 N–H and O–H groups in total. The molecule has 0 bridgehead atoms. The van der Waals surface area contributed by atoms with E-state index in [0.717, 1.165) is 0 Å². The van der Waals surface area contributed by atoms with Gasteiger partial charge < -0.3 is 5.32 Å². The van der Waals surface area contributed by atoms with Crippen molar-refractivity contribution in [1.29, 1.82) is 0 Å². The molecule has 1 heterocycles. The molecule has 1 aliphatic rings. The first-order valence-electron chi connectivity index (χ1n) is 5.54. The Morgan fingerprint density at radius 3 is 2.50 bits per heavy atom. The summed E-state index contributed by atoms with van der Waals surface area (Å²) in [6.07, 6.45) is 8.38. The second kappa shape index (κ2) is 4.86. The molecule has 12 heavy (non-hydrogen) atoms. The van der Waals surface area contributed by atoms with Gasteiger partial charge in [-0.2, -0.15) is 0 Å². The Bertz CT molecular complexity index is 106. The van der Waals surface area contributed by atoms with Crippen molar-refractivity contribution in [2.24, 2.45) is 5.41 Å². The number of nitrogens with one attached hydrogen (secondary N) is 1. The Balaban J connectivity index is 2.45. The van der Waals surface area contributed by atoms with E-state index in [1.807, 2.05) is 0 Å². The van der Waals surface area contributed by atoms with Crippen LogP contribution in [0.4, 0.5) is 0 Å². The maximum atomic E-state index is 3.58. The zero-order chi connectivity index (χ0) is 8.86. The highest BCUT2D eigenvalue weighted by Gasteiger charge is 2.25. The lowest BCUT2D eigenvalue weighted by molar-refractivity contribution is 0.209. The molecule has 0 amide bonds. The van der Waals surface area contributed by atoms with Crippen molar-refractivity contribution < 1.29 is 0 Å². The molecule has 1 heteroatoms. The molecular formula is C11H23N. The van der Waals surface area contributed by atoms with Crippen LogP contribution in [0.2, 0.25) is 0 Å². The van der Waals surface area contributed by atoms with Crippen molar-refractivity contribution >= 4 is 0 Å². The van der Waals surface area contributed by atoms with Crippen LogP contribution in [-0.4, -0.2) is 13.1 Å². The third-order valence-corrected chi connectivity index (χ3v) is 3.56. The van der Waals surface area contributed by atoms with E-state index in [0.29, 0.717) is 5.41 Å². The Labute approximate surface area is 76.9 Å². The first-order valence-corrected chi connectivity index (χ1v) is 5.54. The van der Waals surface area contributed by atoms with Crippen LogP contribution in [0.15, 0.2) is 0 Å². The van der Waals surface area contributed by atoms with Crippen LogP contribution in [0, 0.1) is 5.41 Å². The summed E-state index contributed by atoms with van der Waals surface area (Å²) in [4.78, 5) is 0. The van der Waals surface area contributed by atoms with Crippen molar-refractivity contribution in [1.82, 2.24) is 5.32 Å². The molecule has 0 unspecified atom stereocenters. The van der Waals surface area contributed by atoms with Gasteiger partial charge in [-0.1, -0.05) is 26.7 Å². The van der Waals surface area contributed by atoms with E-state index in [-0.39, 0.29) is 0 Å². The second-order valence-electron chi connectivity index (χ2n) is 4.19. The topological polar surface area (TPSA) is 12.0 Å². The molecule has 0 radical (unpaired) electrons. The van der Waals surface area contributed by atoms with Gasteiger partial charge in [-0.05, 0) is 37.6 Å². The van der Waals surface area contributed by atoms with Crippen LogP contribution < -0.4 is 5.32 Å². The van der Waals surface area contributed by atoms with E-state index in [9.17, 15) is 0 Å². The molecule has 0 aromatic heterocycles. The zero-order valence-corrected chi connectivity index (χ0v) is 8.66. The normalized spacial score (nSPS) is 24.5. The fourth-order valence-electron chi connectivity index (χ4n) is 2.22. The average Bonchev–Trinajstić information content (AvgIpc) is 2.06. The summed E-state index contributed by atoms with van der Waals surface area (Å²) < 4.78 is 0. The lowest BCUT2D eigenvalue weighted by Gasteiger charge is -2.33. The van der Waals surface area contributed by atoms with Gasteiger partial charge in [-0.3, -0.25) is 0 Å². The summed E-state index contributed by atoms with van der Waals surface area (Å²) in [6, 6.07) is 0. The van der Waals surface area contributed by atoms with Gasteiger partial charge in [-0.25, -0.2) is 0 Å². The SMILES string of the molecule is CCC1(CC)CCCCCNC1. The molecule has 1 rings (SSSR count). The molecule has 0 aliphatic carbocycles. The van der Waals surface area contributed by atoms with E-state index < -0.39 is 0 Å². The first-order chi connectivity index (χ1) is 5.83. The predicted octanol–water partition coefficient (Wildman–Crippen LogP) is 2.96. The highest BCUT2D eigenvalue weighted by atomic mass is 14.9. The van der Waals surface area contributed by atoms with Crippen LogP contribution >= 0.6 is 0 Å². The Morgan fingerprint density at radius 2 is 1.83 bits per heavy atom. The fraction of sp³-hybridized carbons (Fsp3) is 1.00. The Morgan fingerprint density at radius 1 is 1.08 bits per heavy atom. The minimum absolute atomic E-state index is 0.625. The fourth-order valence-corrected chi connectivity index (χ4v) is 2.22. The van der Waals surface area contributed by atoms with Crippen LogP contribution in [0.5, 0.6) is 0 Å². The maximum Gasteiger partial charge on any atom is 0.000760 e. The highest BCUT2D eigenvalue weighted by molar-refractivity contribution is 4.80. The van der Waals surface area contributed by atoms with E-state index in [1.165, 1.54) is 51.6 Å². The average molecular weight is 169 g/mol. The van der Waals surface area contributed by atoms with Crippen LogP contribution in [0.3, 0.4) is 0 Å². The number of hydrogen-bond acceptors (Lipinski definition) is 1. The third-order valence-electron chi connectivity index (χ3n) is 3.56. The maximum absolute atomic E-state index is 3.58. The second-order valence-corrected chi connectivity index (χ2v) is 4.19. The van der Waals surface area contributed by atoms with Gasteiger partial charge in [-0.15, -0.1) is 0 Å². The first kappa shape index (κ1) is 10.0. The molecule has 1 fully saturated rings. The van der Waals surface area contributed by atoms with Gasteiger partial charge in [0.05, 0.1) is 0 Å². The minimum Gasteiger partial charge on any atom is -0.316 e. The monoisotopic (exact) mass is 169 g/mol. The van der Waals surface area contributed by atoms with Gasteiger partial charge >= 0.3 is 0 Å². The molecule has 1 aliphatic heterocycles. The number of rotatable bonds is 2. The number of hydrogen-bond donors (Lipinski definition) is 1. The molecule has 72 valence electrons. The van der Waals surface area contributed by atoms with Gasteiger partial charge in [0.1, 0.15) is 0 Å². The third kappa shape index (κ3) is 2.48. The molecule has 0 spiro atoms. The van der Waals surface area contributed by atoms with E-state index >= 15 is 0 Å². The van der Waals surface area contributed by atoms with Gasteiger partial charge in [0.25, 0.3) is 0 Å². The van der Waals surface area contributed by atoms with Gasteiger partial charge in [0.15, 0.2) is 0 Å². The zero-order valence-electron chi connectivity index (χ0n) is 8.66. The molecule has 0 atom stereocenters. The van der Waals surface area contributed by atoms with E-state index in [1.54, 1.807) is 0 Å². The van der Waals surface area contributed by atoms with E-state index in [4.69, 9.17) is 0 Å². The van der Waals surface area contributed by atoms with Crippen LogP contribution in [0.1, 0.15) is 52.4 Å². The lowest BCUT2D eigenvalue weighted by atomic mass is 9.77. The minimum atomic E-state index is 0.625. The highest BCUT2D eigenvalue weighted by Crippen LogP contribution is 2.32. The quantitative estimate of drug-likeness (QED) is 0.670. The van der Waals surface area contributed by atoms with Crippen LogP contribution in [0.25, 0.3) is 0 Å². The summed E-state index contributed by atoms with van der Waals surface area (Å²) in [5.74, 6) is 0. The summed E-state index contributed by atoms with van der Waals surface area (Å²) in [5, 5.41) is 3.58. The lowest BCUT2D eigenvalue weighted by Crippen LogP contribution is -2.35. The van der Waals surface area contributed by atoms with Crippen molar-refractivity contribution in [3.8, 4) is 0 Å². The molecular weight excluding hydrogens is 146 g/mol. The van der Waals surface area contributed by atoms with E-state index in [2.05, 4.69) is 19.2 Å². The van der Waals surface area contributed by atoms with Crippen molar-refractivity contribution in [2.75, 3.05) is 13.1 Å². The predicted molar refractivity (Wildman–Crippen MR) is 54.4 cm³/mol. The molecule has 0 aromatic carbocycles. The molecule has 1 nitrogen and oxygen atoms in total. The largest absolute Gasteiger partial charge is 0.316 e. The smallest absolute Gasteiger partial charge is 0.000760 e. The molecule has 1 saturated heterocycles. The molecule has 0 saturated carbocycles. The van der Waals surface area contributed by atoms with Crippen molar-refractivity contribution in [3.63, 3.8) is 0 Å². The van der Waals surface area contributed by atoms with Gasteiger partial charge in [0, 0.05) is 6.54 Å². The summed E-state index contributed by atoms with van der Waals surface area (Å²) in [6.45, 7) is 7.17. The Hall–Kier alpha value is -0.0400. The summed E-state index contributed by atoms with van der Waals surface area (Å²) in [7, 11) is 0. The van der Waals surface area contributed by atoms with Gasteiger partial charge in [0.2, 0.25) is 0 Å². The standard InChI is InChI=1S/C11H23N/c1-3-11(4-2)8-6-5-7-9-12-10-11/h12H,3-10H2,1-2H3. The molecule has 0 aromatic rings. The van der Waals surface area contributed by atoms with Crippen molar-refractivity contribution in [3.05, 3.63) is 0 Å².